The minimum absolute atomic E-state index is 0.353. The average Bonchev–Trinajstić information content (AvgIpc) is 2.01. The van der Waals surface area contributed by atoms with Crippen molar-refractivity contribution in [1.82, 2.24) is 0 Å². The van der Waals surface area contributed by atoms with Crippen LogP contribution in [0.4, 0.5) is 0 Å². The van der Waals surface area contributed by atoms with Gasteiger partial charge in [0.2, 0.25) is 0 Å². The van der Waals surface area contributed by atoms with E-state index in [1.54, 1.807) is 13.8 Å². The minimum atomic E-state index is -3.21. The third-order valence-corrected chi connectivity index (χ3v) is 5.26. The molecule has 0 bridgehead atoms. The first-order valence-electron chi connectivity index (χ1n) is 5.00. The Bertz CT molecular complexity index is 267. The minimum Gasteiger partial charge on any atom is -0.391 e. The van der Waals surface area contributed by atoms with Crippen molar-refractivity contribution in [1.29, 1.82) is 0 Å². The van der Waals surface area contributed by atoms with Crippen LogP contribution in [0.1, 0.15) is 40.5 Å². The molecule has 0 amide bonds. The molecule has 86 valence electrons. The summed E-state index contributed by atoms with van der Waals surface area (Å²) in [6.45, 7) is 7.21. The lowest BCUT2D eigenvalue weighted by atomic mass is 9.94. The second kappa shape index (κ2) is 4.62. The van der Waals surface area contributed by atoms with Gasteiger partial charge in [-0.05, 0) is 26.2 Å². The van der Waals surface area contributed by atoms with Gasteiger partial charge in [0, 0.05) is 6.26 Å². The Morgan fingerprint density at radius 3 is 2.07 bits per heavy atom. The standard InChI is InChI=1S/C10H22O3S/c1-6-8(2)7-9(11)10(3,4)14(5,12)13/h8-9,11H,6-7H2,1-5H3. The molecule has 2 unspecified atom stereocenters. The zero-order chi connectivity index (χ0) is 11.6. The third-order valence-electron chi connectivity index (χ3n) is 3.08. The van der Waals surface area contributed by atoms with E-state index in [9.17, 15) is 13.5 Å². The van der Waals surface area contributed by atoms with Crippen LogP contribution in [0.2, 0.25) is 0 Å². The Kier molecular flexibility index (Phi) is 4.59. The molecule has 0 spiro atoms. The van der Waals surface area contributed by atoms with E-state index >= 15 is 0 Å². The predicted molar refractivity (Wildman–Crippen MR) is 59.0 cm³/mol. The van der Waals surface area contributed by atoms with Crippen LogP contribution < -0.4 is 0 Å². The fourth-order valence-corrected chi connectivity index (χ4v) is 1.67. The molecule has 3 nitrogen and oxygen atoms in total. The number of aliphatic hydroxyl groups excluding tert-OH is 1. The molecule has 0 heterocycles. The van der Waals surface area contributed by atoms with Crippen molar-refractivity contribution in [3.63, 3.8) is 0 Å². The normalized spacial score (nSPS) is 17.9. The molecule has 0 aliphatic rings. The Hall–Kier alpha value is -0.0900. The number of hydrogen-bond acceptors (Lipinski definition) is 3. The Morgan fingerprint density at radius 2 is 1.79 bits per heavy atom. The Labute approximate surface area is 87.4 Å². The lowest BCUT2D eigenvalue weighted by molar-refractivity contribution is 0.111. The molecule has 0 aromatic rings. The second-order valence-corrected chi connectivity index (χ2v) is 7.24. The van der Waals surface area contributed by atoms with Crippen LogP contribution in [0.5, 0.6) is 0 Å². The molecule has 14 heavy (non-hydrogen) atoms. The molecule has 0 saturated carbocycles. The number of aliphatic hydroxyl groups is 1. The van der Waals surface area contributed by atoms with Crippen LogP contribution in [0.3, 0.4) is 0 Å². The molecule has 0 rings (SSSR count). The predicted octanol–water partition coefficient (Wildman–Crippen LogP) is 1.61. The summed E-state index contributed by atoms with van der Waals surface area (Å²) in [6.07, 6.45) is 1.88. The highest BCUT2D eigenvalue weighted by atomic mass is 32.2. The first kappa shape index (κ1) is 13.9. The summed E-state index contributed by atoms with van der Waals surface area (Å²) >= 11 is 0. The third kappa shape index (κ3) is 3.24. The van der Waals surface area contributed by atoms with E-state index in [4.69, 9.17) is 0 Å². The molecule has 0 aliphatic heterocycles. The molecule has 2 atom stereocenters. The van der Waals surface area contributed by atoms with E-state index in [1.807, 2.05) is 13.8 Å². The maximum atomic E-state index is 11.4. The molecule has 0 fully saturated rings. The summed E-state index contributed by atoms with van der Waals surface area (Å²) in [7, 11) is -3.21. The molecule has 1 N–H and O–H groups in total. The van der Waals surface area contributed by atoms with Crippen LogP contribution in [0.25, 0.3) is 0 Å². The average molecular weight is 222 g/mol. The van der Waals surface area contributed by atoms with Gasteiger partial charge in [0.15, 0.2) is 9.84 Å². The van der Waals surface area contributed by atoms with E-state index in [0.29, 0.717) is 12.3 Å². The lowest BCUT2D eigenvalue weighted by Crippen LogP contribution is -2.44. The molecular formula is C10H22O3S. The zero-order valence-corrected chi connectivity index (χ0v) is 10.6. The van der Waals surface area contributed by atoms with Crippen LogP contribution in [-0.2, 0) is 9.84 Å². The fraction of sp³-hybridized carbons (Fsp3) is 1.00. The fourth-order valence-electron chi connectivity index (χ4n) is 1.08. The van der Waals surface area contributed by atoms with Gasteiger partial charge in [-0.25, -0.2) is 8.42 Å². The molecule has 0 aromatic heterocycles. The van der Waals surface area contributed by atoms with Crippen LogP contribution in [-0.4, -0.2) is 30.6 Å². The number of rotatable bonds is 5. The van der Waals surface area contributed by atoms with Gasteiger partial charge in [-0.1, -0.05) is 20.3 Å². The highest BCUT2D eigenvalue weighted by Crippen LogP contribution is 2.25. The number of sulfone groups is 1. The van der Waals surface area contributed by atoms with Gasteiger partial charge in [-0.2, -0.15) is 0 Å². The summed E-state index contributed by atoms with van der Waals surface area (Å²) in [6, 6.07) is 0. The SMILES string of the molecule is CCC(C)CC(O)C(C)(C)S(C)(=O)=O. The van der Waals surface area contributed by atoms with Crippen molar-refractivity contribution in [2.24, 2.45) is 5.92 Å². The quantitative estimate of drug-likeness (QED) is 0.769. The Balaban J connectivity index is 4.60. The van der Waals surface area contributed by atoms with Crippen molar-refractivity contribution in [3.05, 3.63) is 0 Å². The summed E-state index contributed by atoms with van der Waals surface area (Å²) in [5.74, 6) is 0.353. The highest BCUT2D eigenvalue weighted by molar-refractivity contribution is 7.92. The maximum absolute atomic E-state index is 11.4. The molecular weight excluding hydrogens is 200 g/mol. The van der Waals surface area contributed by atoms with Gasteiger partial charge < -0.3 is 5.11 Å². The topological polar surface area (TPSA) is 54.4 Å². The van der Waals surface area contributed by atoms with Crippen molar-refractivity contribution in [2.75, 3.05) is 6.26 Å². The maximum Gasteiger partial charge on any atom is 0.155 e. The molecule has 0 saturated heterocycles. The zero-order valence-electron chi connectivity index (χ0n) is 9.74. The van der Waals surface area contributed by atoms with Crippen molar-refractivity contribution in [3.8, 4) is 0 Å². The van der Waals surface area contributed by atoms with Gasteiger partial charge in [0.1, 0.15) is 0 Å². The van der Waals surface area contributed by atoms with E-state index in [1.165, 1.54) is 6.26 Å². The summed E-state index contributed by atoms with van der Waals surface area (Å²) in [5.41, 5.74) is 0. The first-order chi connectivity index (χ1) is 6.13. The van der Waals surface area contributed by atoms with Gasteiger partial charge in [-0.15, -0.1) is 0 Å². The smallest absolute Gasteiger partial charge is 0.155 e. The molecule has 0 aliphatic carbocycles. The van der Waals surface area contributed by atoms with Gasteiger partial charge in [-0.3, -0.25) is 0 Å². The number of hydrogen-bond donors (Lipinski definition) is 1. The molecule has 4 heteroatoms. The Morgan fingerprint density at radius 1 is 1.36 bits per heavy atom. The molecule has 0 aromatic carbocycles. The van der Waals surface area contributed by atoms with Crippen molar-refractivity contribution in [2.45, 2.75) is 51.4 Å². The first-order valence-corrected chi connectivity index (χ1v) is 6.89. The van der Waals surface area contributed by atoms with Crippen LogP contribution in [0.15, 0.2) is 0 Å². The van der Waals surface area contributed by atoms with Crippen LogP contribution >= 0.6 is 0 Å². The molecule has 0 radical (unpaired) electrons. The van der Waals surface area contributed by atoms with Crippen molar-refractivity contribution >= 4 is 9.84 Å². The monoisotopic (exact) mass is 222 g/mol. The summed E-state index contributed by atoms with van der Waals surface area (Å²) < 4.78 is 21.8. The van der Waals surface area contributed by atoms with Crippen LogP contribution in [0, 0.1) is 5.92 Å². The lowest BCUT2D eigenvalue weighted by Gasteiger charge is -2.30. The second-order valence-electron chi connectivity index (χ2n) is 4.64. The van der Waals surface area contributed by atoms with Crippen molar-refractivity contribution < 1.29 is 13.5 Å². The van der Waals surface area contributed by atoms with E-state index in [0.717, 1.165) is 6.42 Å². The van der Waals surface area contributed by atoms with Gasteiger partial charge >= 0.3 is 0 Å². The van der Waals surface area contributed by atoms with Gasteiger partial charge in [0.25, 0.3) is 0 Å². The van der Waals surface area contributed by atoms with E-state index in [2.05, 4.69) is 0 Å². The largest absolute Gasteiger partial charge is 0.391 e. The van der Waals surface area contributed by atoms with E-state index in [-0.39, 0.29) is 0 Å². The van der Waals surface area contributed by atoms with E-state index < -0.39 is 20.7 Å². The highest BCUT2D eigenvalue weighted by Gasteiger charge is 2.38. The van der Waals surface area contributed by atoms with Gasteiger partial charge in [0.05, 0.1) is 10.9 Å². The summed E-state index contributed by atoms with van der Waals surface area (Å²) in [5, 5.41) is 9.83. The summed E-state index contributed by atoms with van der Waals surface area (Å²) in [4.78, 5) is 0.